The monoisotopic (exact) mass is 209 g/mol. The molecule has 1 aliphatic rings. The molecule has 1 heterocycles. The van der Waals surface area contributed by atoms with Gasteiger partial charge in [-0.3, -0.25) is 4.79 Å². The number of hydrogen-bond acceptors (Lipinski definition) is 4. The Labute approximate surface area is 84.4 Å². The van der Waals surface area contributed by atoms with E-state index in [1.807, 2.05) is 0 Å². The molecule has 1 aliphatic heterocycles. The fourth-order valence-corrected chi connectivity index (χ4v) is 1.20. The van der Waals surface area contributed by atoms with Crippen molar-refractivity contribution in [2.24, 2.45) is 0 Å². The number of methoxy groups -OCH3 is 1. The van der Waals surface area contributed by atoms with Crippen LogP contribution in [0.15, 0.2) is 0 Å². The maximum Gasteiger partial charge on any atom is 0.305 e. The highest BCUT2D eigenvalue weighted by atomic mass is 35.5. The predicted octanol–water partition coefficient (Wildman–Crippen LogP) is 0.350. The van der Waals surface area contributed by atoms with Crippen molar-refractivity contribution in [1.82, 2.24) is 5.32 Å². The number of ether oxygens (including phenoxy) is 2. The molecule has 78 valence electrons. The zero-order valence-corrected chi connectivity index (χ0v) is 8.56. The molecule has 1 fully saturated rings. The van der Waals surface area contributed by atoms with E-state index in [4.69, 9.17) is 4.74 Å². The van der Waals surface area contributed by atoms with E-state index in [0.717, 1.165) is 19.6 Å². The zero-order chi connectivity index (χ0) is 8.81. The molecule has 0 spiro atoms. The van der Waals surface area contributed by atoms with Crippen molar-refractivity contribution in [3.05, 3.63) is 0 Å². The fourth-order valence-electron chi connectivity index (χ4n) is 1.20. The van der Waals surface area contributed by atoms with Crippen molar-refractivity contribution in [2.75, 3.05) is 26.9 Å². The van der Waals surface area contributed by atoms with Gasteiger partial charge in [0.2, 0.25) is 0 Å². The zero-order valence-electron chi connectivity index (χ0n) is 7.75. The van der Waals surface area contributed by atoms with Crippen LogP contribution in [0, 0.1) is 0 Å². The van der Waals surface area contributed by atoms with Crippen LogP contribution in [-0.4, -0.2) is 38.9 Å². The number of carbonyl (C=O) groups is 1. The van der Waals surface area contributed by atoms with Gasteiger partial charge in [-0.05, 0) is 6.42 Å². The first kappa shape index (κ1) is 12.7. The molecule has 1 rings (SSSR count). The third-order valence-corrected chi connectivity index (χ3v) is 1.92. The molecule has 0 bridgehead atoms. The van der Waals surface area contributed by atoms with Crippen molar-refractivity contribution in [3.63, 3.8) is 0 Å². The summed E-state index contributed by atoms with van der Waals surface area (Å²) < 4.78 is 9.77. The fraction of sp³-hybridized carbons (Fsp3) is 0.875. The maximum absolute atomic E-state index is 10.8. The summed E-state index contributed by atoms with van der Waals surface area (Å²) in [5.41, 5.74) is 0. The van der Waals surface area contributed by atoms with Crippen LogP contribution in [-0.2, 0) is 14.3 Å². The molecule has 0 radical (unpaired) electrons. The van der Waals surface area contributed by atoms with E-state index < -0.39 is 0 Å². The lowest BCUT2D eigenvalue weighted by Crippen LogP contribution is -2.41. The average molecular weight is 210 g/mol. The Hall–Kier alpha value is -0.320. The quantitative estimate of drug-likeness (QED) is 0.682. The molecule has 0 unspecified atom stereocenters. The van der Waals surface area contributed by atoms with Crippen molar-refractivity contribution >= 4 is 18.4 Å². The Morgan fingerprint density at radius 3 is 3.00 bits per heavy atom. The molecular weight excluding hydrogens is 194 g/mol. The lowest BCUT2D eigenvalue weighted by molar-refractivity contribution is -0.141. The van der Waals surface area contributed by atoms with Crippen molar-refractivity contribution in [2.45, 2.75) is 18.9 Å². The molecule has 1 atom stereocenters. The summed E-state index contributed by atoms with van der Waals surface area (Å²) in [5, 5.41) is 3.27. The number of esters is 1. The van der Waals surface area contributed by atoms with Crippen LogP contribution in [0.2, 0.25) is 0 Å². The van der Waals surface area contributed by atoms with Gasteiger partial charge in [0, 0.05) is 19.0 Å². The number of morpholine rings is 1. The Morgan fingerprint density at radius 2 is 2.46 bits per heavy atom. The largest absolute Gasteiger partial charge is 0.469 e. The van der Waals surface area contributed by atoms with Gasteiger partial charge in [0.1, 0.15) is 0 Å². The third kappa shape index (κ3) is 5.08. The smallest absolute Gasteiger partial charge is 0.305 e. The van der Waals surface area contributed by atoms with Crippen LogP contribution in [0.5, 0.6) is 0 Å². The van der Waals surface area contributed by atoms with Gasteiger partial charge in [0.05, 0.1) is 20.3 Å². The minimum Gasteiger partial charge on any atom is -0.469 e. The minimum atomic E-state index is -0.151. The van der Waals surface area contributed by atoms with Crippen molar-refractivity contribution in [1.29, 1.82) is 0 Å². The van der Waals surface area contributed by atoms with Gasteiger partial charge in [-0.15, -0.1) is 12.4 Å². The van der Waals surface area contributed by atoms with Gasteiger partial charge in [-0.2, -0.15) is 0 Å². The molecule has 0 amide bonds. The number of rotatable bonds is 3. The predicted molar refractivity (Wildman–Crippen MR) is 51.1 cm³/mol. The Balaban J connectivity index is 0.00000144. The van der Waals surface area contributed by atoms with E-state index >= 15 is 0 Å². The highest BCUT2D eigenvalue weighted by molar-refractivity contribution is 5.85. The number of nitrogens with one attached hydrogen (secondary N) is 1. The normalized spacial score (nSPS) is 21.8. The van der Waals surface area contributed by atoms with Crippen molar-refractivity contribution < 1.29 is 14.3 Å². The Morgan fingerprint density at radius 1 is 1.69 bits per heavy atom. The molecule has 0 aromatic heterocycles. The lowest BCUT2D eigenvalue weighted by Gasteiger charge is -2.23. The SMILES string of the molecule is COC(=O)CC[C@H]1COCCN1.Cl. The Bertz CT molecular complexity index is 148. The molecule has 0 saturated carbocycles. The van der Waals surface area contributed by atoms with Crippen LogP contribution >= 0.6 is 12.4 Å². The lowest BCUT2D eigenvalue weighted by atomic mass is 10.1. The van der Waals surface area contributed by atoms with Gasteiger partial charge in [0.25, 0.3) is 0 Å². The first-order valence-electron chi connectivity index (χ1n) is 4.21. The van der Waals surface area contributed by atoms with E-state index in [1.54, 1.807) is 0 Å². The van der Waals surface area contributed by atoms with Gasteiger partial charge < -0.3 is 14.8 Å². The average Bonchev–Trinajstić information content (AvgIpc) is 2.16. The van der Waals surface area contributed by atoms with E-state index in [2.05, 4.69) is 10.1 Å². The van der Waals surface area contributed by atoms with Crippen LogP contribution in [0.1, 0.15) is 12.8 Å². The highest BCUT2D eigenvalue weighted by Crippen LogP contribution is 2.02. The van der Waals surface area contributed by atoms with Crippen LogP contribution in [0.25, 0.3) is 0 Å². The molecule has 1 N–H and O–H groups in total. The van der Waals surface area contributed by atoms with E-state index in [0.29, 0.717) is 19.1 Å². The molecule has 13 heavy (non-hydrogen) atoms. The van der Waals surface area contributed by atoms with Gasteiger partial charge >= 0.3 is 5.97 Å². The van der Waals surface area contributed by atoms with E-state index in [1.165, 1.54) is 7.11 Å². The summed E-state index contributed by atoms with van der Waals surface area (Å²) in [4.78, 5) is 10.8. The minimum absolute atomic E-state index is 0. The summed E-state index contributed by atoms with van der Waals surface area (Å²) in [5.74, 6) is -0.151. The standard InChI is InChI=1S/C8H15NO3.ClH/c1-11-8(10)3-2-7-6-12-5-4-9-7;/h7,9H,2-6H2,1H3;1H/t7-;/m0./s1. The first-order chi connectivity index (χ1) is 5.83. The number of halogens is 1. The molecule has 4 nitrogen and oxygen atoms in total. The summed E-state index contributed by atoms with van der Waals surface area (Å²) in [6.07, 6.45) is 1.27. The van der Waals surface area contributed by atoms with Crippen LogP contribution in [0.3, 0.4) is 0 Å². The van der Waals surface area contributed by atoms with Gasteiger partial charge in [-0.25, -0.2) is 0 Å². The van der Waals surface area contributed by atoms with Crippen molar-refractivity contribution in [3.8, 4) is 0 Å². The topological polar surface area (TPSA) is 47.6 Å². The van der Waals surface area contributed by atoms with Crippen LogP contribution < -0.4 is 5.32 Å². The summed E-state index contributed by atoms with van der Waals surface area (Å²) in [7, 11) is 1.41. The van der Waals surface area contributed by atoms with Crippen LogP contribution in [0.4, 0.5) is 0 Å². The second-order valence-electron chi connectivity index (χ2n) is 2.84. The number of carbonyl (C=O) groups excluding carboxylic acids is 1. The molecule has 0 aliphatic carbocycles. The summed E-state index contributed by atoms with van der Waals surface area (Å²) >= 11 is 0. The van der Waals surface area contributed by atoms with Gasteiger partial charge in [-0.1, -0.05) is 0 Å². The third-order valence-electron chi connectivity index (χ3n) is 1.92. The maximum atomic E-state index is 10.8. The molecule has 0 aromatic carbocycles. The molecule has 1 saturated heterocycles. The highest BCUT2D eigenvalue weighted by Gasteiger charge is 2.14. The second kappa shape index (κ2) is 7.12. The summed E-state index contributed by atoms with van der Waals surface area (Å²) in [6, 6.07) is 0.317. The number of hydrogen-bond donors (Lipinski definition) is 1. The van der Waals surface area contributed by atoms with E-state index in [-0.39, 0.29) is 18.4 Å². The van der Waals surface area contributed by atoms with E-state index in [9.17, 15) is 4.79 Å². The molecule has 5 heteroatoms. The second-order valence-corrected chi connectivity index (χ2v) is 2.84. The first-order valence-corrected chi connectivity index (χ1v) is 4.21. The molecule has 0 aromatic rings. The van der Waals surface area contributed by atoms with Gasteiger partial charge in [0.15, 0.2) is 0 Å². The Kier molecular flexibility index (Phi) is 6.94. The summed E-state index contributed by atoms with van der Waals surface area (Å²) in [6.45, 7) is 2.36. The molecular formula is C8H16ClNO3.